The fourth-order valence-corrected chi connectivity index (χ4v) is 2.17. The molecule has 1 saturated carbocycles. The molecule has 1 aliphatic rings. The average molecular weight is 291 g/mol. The third kappa shape index (κ3) is 2.65. The zero-order valence-corrected chi connectivity index (χ0v) is 11.3. The Bertz CT molecular complexity index is 671. The second-order valence-corrected chi connectivity index (χ2v) is 5.23. The van der Waals surface area contributed by atoms with Crippen molar-refractivity contribution in [3.05, 3.63) is 53.1 Å². The summed E-state index contributed by atoms with van der Waals surface area (Å²) >= 11 is 5.75. The lowest BCUT2D eigenvalue weighted by atomic mass is 10.0. The molecule has 1 aliphatic carbocycles. The summed E-state index contributed by atoms with van der Waals surface area (Å²) < 4.78 is 14.0. The lowest BCUT2D eigenvalue weighted by Crippen LogP contribution is -2.26. The SMILES string of the molecule is O=C(NC1CC1)c1cnccc1-c1ccc(Cl)cc1F. The van der Waals surface area contributed by atoms with Crippen LogP contribution in [0.5, 0.6) is 0 Å². The zero-order valence-electron chi connectivity index (χ0n) is 10.6. The van der Waals surface area contributed by atoms with Crippen LogP contribution in [0, 0.1) is 5.82 Å². The fraction of sp³-hybridized carbons (Fsp3) is 0.200. The first-order chi connectivity index (χ1) is 9.65. The van der Waals surface area contributed by atoms with Crippen LogP contribution in [0.25, 0.3) is 11.1 Å². The van der Waals surface area contributed by atoms with Crippen LogP contribution in [0.3, 0.4) is 0 Å². The van der Waals surface area contributed by atoms with Crippen molar-refractivity contribution in [1.82, 2.24) is 10.3 Å². The zero-order chi connectivity index (χ0) is 14.1. The summed E-state index contributed by atoms with van der Waals surface area (Å²) in [6.07, 6.45) is 4.99. The van der Waals surface area contributed by atoms with Crippen molar-refractivity contribution in [2.24, 2.45) is 0 Å². The highest BCUT2D eigenvalue weighted by molar-refractivity contribution is 6.30. The molecular weight excluding hydrogens is 279 g/mol. The number of hydrogen-bond acceptors (Lipinski definition) is 2. The van der Waals surface area contributed by atoms with Crippen molar-refractivity contribution in [2.45, 2.75) is 18.9 Å². The van der Waals surface area contributed by atoms with E-state index in [4.69, 9.17) is 11.6 Å². The van der Waals surface area contributed by atoms with Gasteiger partial charge in [0.25, 0.3) is 5.91 Å². The molecule has 1 aromatic carbocycles. The number of pyridine rings is 1. The number of nitrogens with one attached hydrogen (secondary N) is 1. The molecule has 1 aromatic heterocycles. The fourth-order valence-electron chi connectivity index (χ4n) is 2.01. The second-order valence-electron chi connectivity index (χ2n) is 4.79. The highest BCUT2D eigenvalue weighted by Crippen LogP contribution is 2.28. The largest absolute Gasteiger partial charge is 0.349 e. The second kappa shape index (κ2) is 5.21. The maximum Gasteiger partial charge on any atom is 0.253 e. The lowest BCUT2D eigenvalue weighted by Gasteiger charge is -2.10. The molecule has 5 heteroatoms. The van der Waals surface area contributed by atoms with Crippen LogP contribution in [0.1, 0.15) is 23.2 Å². The molecule has 102 valence electrons. The number of carbonyl (C=O) groups is 1. The molecule has 1 N–H and O–H groups in total. The number of halogens is 2. The Morgan fingerprint density at radius 1 is 1.30 bits per heavy atom. The van der Waals surface area contributed by atoms with Gasteiger partial charge in [-0.05, 0) is 37.1 Å². The van der Waals surface area contributed by atoms with E-state index in [-0.39, 0.29) is 11.9 Å². The van der Waals surface area contributed by atoms with Gasteiger partial charge in [-0.1, -0.05) is 11.6 Å². The molecule has 3 rings (SSSR count). The van der Waals surface area contributed by atoms with E-state index in [2.05, 4.69) is 10.3 Å². The Labute approximate surface area is 120 Å². The Morgan fingerprint density at radius 3 is 2.80 bits per heavy atom. The van der Waals surface area contributed by atoms with Crippen LogP contribution in [-0.2, 0) is 0 Å². The first-order valence-electron chi connectivity index (χ1n) is 6.35. The number of hydrogen-bond donors (Lipinski definition) is 1. The maximum atomic E-state index is 14.0. The quantitative estimate of drug-likeness (QED) is 0.941. The molecule has 0 spiro atoms. The highest BCUT2D eigenvalue weighted by Gasteiger charge is 2.25. The topological polar surface area (TPSA) is 42.0 Å². The van der Waals surface area contributed by atoms with E-state index in [1.54, 1.807) is 18.2 Å². The number of carbonyl (C=O) groups excluding carboxylic acids is 1. The van der Waals surface area contributed by atoms with E-state index in [0.29, 0.717) is 21.7 Å². The van der Waals surface area contributed by atoms with Gasteiger partial charge in [0.1, 0.15) is 5.82 Å². The third-order valence-corrected chi connectivity index (χ3v) is 3.43. The monoisotopic (exact) mass is 290 g/mol. The number of aromatic nitrogens is 1. The molecular formula is C15H12ClFN2O. The molecule has 0 radical (unpaired) electrons. The van der Waals surface area contributed by atoms with E-state index in [9.17, 15) is 9.18 Å². The summed E-state index contributed by atoms with van der Waals surface area (Å²) in [4.78, 5) is 16.1. The first-order valence-corrected chi connectivity index (χ1v) is 6.73. The Kier molecular flexibility index (Phi) is 3.40. The van der Waals surface area contributed by atoms with Crippen LogP contribution >= 0.6 is 11.6 Å². The Balaban J connectivity index is 2.02. The highest BCUT2D eigenvalue weighted by atomic mass is 35.5. The smallest absolute Gasteiger partial charge is 0.253 e. The number of nitrogens with zero attached hydrogens (tertiary/aromatic N) is 1. The molecule has 3 nitrogen and oxygen atoms in total. The van der Waals surface area contributed by atoms with Gasteiger partial charge in [-0.3, -0.25) is 9.78 Å². The van der Waals surface area contributed by atoms with Gasteiger partial charge in [0.15, 0.2) is 0 Å². The first kappa shape index (κ1) is 13.1. The van der Waals surface area contributed by atoms with Crippen LogP contribution in [0.4, 0.5) is 4.39 Å². The molecule has 1 amide bonds. The molecule has 20 heavy (non-hydrogen) atoms. The maximum absolute atomic E-state index is 14.0. The van der Waals surface area contributed by atoms with Crippen molar-refractivity contribution in [3.63, 3.8) is 0 Å². The molecule has 0 unspecified atom stereocenters. The van der Waals surface area contributed by atoms with Gasteiger partial charge in [0.2, 0.25) is 0 Å². The van der Waals surface area contributed by atoms with Crippen LogP contribution < -0.4 is 5.32 Å². The number of amides is 1. The van der Waals surface area contributed by atoms with Crippen LogP contribution in [0.2, 0.25) is 5.02 Å². The van der Waals surface area contributed by atoms with Crippen molar-refractivity contribution in [2.75, 3.05) is 0 Å². The standard InChI is InChI=1S/C15H12ClFN2O/c16-9-1-4-12(14(17)7-9)11-5-6-18-8-13(11)15(20)19-10-2-3-10/h1,4-8,10H,2-3H2,(H,19,20). The Morgan fingerprint density at radius 2 is 2.10 bits per heavy atom. The third-order valence-electron chi connectivity index (χ3n) is 3.20. The van der Waals surface area contributed by atoms with E-state index in [0.717, 1.165) is 12.8 Å². The summed E-state index contributed by atoms with van der Waals surface area (Å²) in [5.41, 5.74) is 1.24. The normalized spacial score (nSPS) is 14.1. The molecule has 2 aromatic rings. The summed E-state index contributed by atoms with van der Waals surface area (Å²) in [6, 6.07) is 6.28. The van der Waals surface area contributed by atoms with Crippen molar-refractivity contribution in [3.8, 4) is 11.1 Å². The van der Waals surface area contributed by atoms with Crippen LogP contribution in [-0.4, -0.2) is 16.9 Å². The van der Waals surface area contributed by atoms with Gasteiger partial charge in [-0.15, -0.1) is 0 Å². The van der Waals surface area contributed by atoms with Crippen molar-refractivity contribution in [1.29, 1.82) is 0 Å². The van der Waals surface area contributed by atoms with Gasteiger partial charge in [0, 0.05) is 34.6 Å². The minimum Gasteiger partial charge on any atom is -0.349 e. The molecule has 1 fully saturated rings. The predicted octanol–water partition coefficient (Wildman–Crippen LogP) is 3.43. The Hall–Kier alpha value is -1.94. The summed E-state index contributed by atoms with van der Waals surface area (Å²) in [5, 5.41) is 3.21. The minimum absolute atomic E-state index is 0.218. The molecule has 0 aliphatic heterocycles. The van der Waals surface area contributed by atoms with E-state index >= 15 is 0 Å². The minimum atomic E-state index is -0.454. The molecule has 0 saturated heterocycles. The van der Waals surface area contributed by atoms with Gasteiger partial charge in [0.05, 0.1) is 5.56 Å². The van der Waals surface area contributed by atoms with Gasteiger partial charge in [-0.2, -0.15) is 0 Å². The predicted molar refractivity (Wildman–Crippen MR) is 75.1 cm³/mol. The lowest BCUT2D eigenvalue weighted by molar-refractivity contribution is 0.0951. The van der Waals surface area contributed by atoms with E-state index in [1.165, 1.54) is 18.5 Å². The molecule has 1 heterocycles. The number of benzene rings is 1. The summed E-state index contributed by atoms with van der Waals surface area (Å²) in [5.74, 6) is -0.672. The van der Waals surface area contributed by atoms with Crippen molar-refractivity contribution >= 4 is 17.5 Å². The van der Waals surface area contributed by atoms with Gasteiger partial charge in [-0.25, -0.2) is 4.39 Å². The van der Waals surface area contributed by atoms with Gasteiger partial charge >= 0.3 is 0 Å². The summed E-state index contributed by atoms with van der Waals surface area (Å²) in [6.45, 7) is 0. The number of rotatable bonds is 3. The average Bonchev–Trinajstić information content (AvgIpc) is 3.23. The summed E-state index contributed by atoms with van der Waals surface area (Å²) in [7, 11) is 0. The van der Waals surface area contributed by atoms with Gasteiger partial charge < -0.3 is 5.32 Å². The molecule has 0 bridgehead atoms. The van der Waals surface area contributed by atoms with E-state index < -0.39 is 5.82 Å². The molecule has 0 atom stereocenters. The van der Waals surface area contributed by atoms with E-state index in [1.807, 2.05) is 0 Å². The van der Waals surface area contributed by atoms with Crippen LogP contribution in [0.15, 0.2) is 36.7 Å². The van der Waals surface area contributed by atoms with Crippen molar-refractivity contribution < 1.29 is 9.18 Å².